The Morgan fingerprint density at radius 1 is 1.07 bits per heavy atom. The predicted molar refractivity (Wildman–Crippen MR) is 115 cm³/mol. The number of nitrogens with one attached hydrogen (secondary N) is 1. The average Bonchev–Trinajstić information content (AvgIpc) is 3.46. The highest BCUT2D eigenvalue weighted by atomic mass is 16.4. The van der Waals surface area contributed by atoms with Gasteiger partial charge < -0.3 is 9.73 Å². The van der Waals surface area contributed by atoms with Crippen LogP contribution in [0, 0.1) is 6.92 Å². The van der Waals surface area contributed by atoms with Crippen molar-refractivity contribution in [1.29, 1.82) is 0 Å². The van der Waals surface area contributed by atoms with Crippen LogP contribution in [0.15, 0.2) is 77.6 Å². The number of hydrogen-bond donors (Lipinski definition) is 1. The van der Waals surface area contributed by atoms with E-state index in [4.69, 9.17) is 4.42 Å². The molecule has 0 bridgehead atoms. The Kier molecular flexibility index (Phi) is 6.03. The summed E-state index contributed by atoms with van der Waals surface area (Å²) in [5, 5.41) is 7.18. The van der Waals surface area contributed by atoms with Crippen LogP contribution in [0.3, 0.4) is 0 Å². The number of benzene rings is 2. The molecule has 2 heterocycles. The Morgan fingerprint density at radius 2 is 1.87 bits per heavy atom. The van der Waals surface area contributed by atoms with Crippen molar-refractivity contribution >= 4 is 5.91 Å². The first-order chi connectivity index (χ1) is 14.7. The molecule has 0 aliphatic rings. The highest BCUT2D eigenvalue weighted by molar-refractivity contribution is 5.76. The summed E-state index contributed by atoms with van der Waals surface area (Å²) < 4.78 is 7.60. The molecule has 6 nitrogen and oxygen atoms in total. The lowest BCUT2D eigenvalue weighted by Crippen LogP contribution is -2.25. The van der Waals surface area contributed by atoms with Gasteiger partial charge in [-0.05, 0) is 37.1 Å². The van der Waals surface area contributed by atoms with E-state index in [-0.39, 0.29) is 5.91 Å². The predicted octanol–water partition coefficient (Wildman–Crippen LogP) is 4.13. The van der Waals surface area contributed by atoms with Crippen molar-refractivity contribution in [3.8, 4) is 17.0 Å². The minimum Gasteiger partial charge on any atom is -0.441 e. The Hall–Kier alpha value is -3.67. The smallest absolute Gasteiger partial charge is 0.220 e. The summed E-state index contributed by atoms with van der Waals surface area (Å²) >= 11 is 0. The van der Waals surface area contributed by atoms with Crippen LogP contribution in [0.1, 0.15) is 23.4 Å². The summed E-state index contributed by atoms with van der Waals surface area (Å²) in [7, 11) is 0. The fourth-order valence-electron chi connectivity index (χ4n) is 3.17. The number of carbonyl (C=O) groups excluding carboxylic acids is 1. The van der Waals surface area contributed by atoms with Crippen LogP contribution < -0.4 is 5.32 Å². The number of aryl methyl sites for hydroxylation is 2. The van der Waals surface area contributed by atoms with Gasteiger partial charge in [0.25, 0.3) is 0 Å². The minimum absolute atomic E-state index is 0.00162. The van der Waals surface area contributed by atoms with Crippen molar-refractivity contribution in [1.82, 2.24) is 20.1 Å². The van der Waals surface area contributed by atoms with Crippen LogP contribution in [0.5, 0.6) is 0 Å². The highest BCUT2D eigenvalue weighted by Crippen LogP contribution is 2.21. The number of carbonyl (C=O) groups is 1. The molecular formula is C24H24N4O2. The largest absolute Gasteiger partial charge is 0.441 e. The number of rotatable bonds is 8. The fourth-order valence-corrected chi connectivity index (χ4v) is 3.17. The van der Waals surface area contributed by atoms with Gasteiger partial charge in [0.05, 0.1) is 11.9 Å². The number of aromatic nitrogens is 3. The SMILES string of the molecule is Cc1ccc(-c2cnc(CCC(=O)NCCc3ccc(-n4cccn4)cc3)o2)cc1. The van der Waals surface area contributed by atoms with Crippen LogP contribution in [0.4, 0.5) is 0 Å². The molecule has 1 N–H and O–H groups in total. The lowest BCUT2D eigenvalue weighted by Gasteiger charge is -2.06. The Labute approximate surface area is 175 Å². The van der Waals surface area contributed by atoms with Gasteiger partial charge in [-0.1, -0.05) is 42.0 Å². The Balaban J connectivity index is 1.20. The molecule has 30 heavy (non-hydrogen) atoms. The normalized spacial score (nSPS) is 10.8. The van der Waals surface area contributed by atoms with Crippen molar-refractivity contribution in [3.05, 3.63) is 90.2 Å². The Morgan fingerprint density at radius 3 is 2.60 bits per heavy atom. The van der Waals surface area contributed by atoms with E-state index in [2.05, 4.69) is 27.5 Å². The third kappa shape index (κ3) is 5.03. The summed E-state index contributed by atoms with van der Waals surface area (Å²) in [4.78, 5) is 16.4. The summed E-state index contributed by atoms with van der Waals surface area (Å²) in [6, 6.07) is 18.2. The van der Waals surface area contributed by atoms with Gasteiger partial charge in [0.15, 0.2) is 11.7 Å². The molecule has 152 valence electrons. The first kappa shape index (κ1) is 19.6. The third-order valence-electron chi connectivity index (χ3n) is 4.90. The first-order valence-electron chi connectivity index (χ1n) is 10.0. The van der Waals surface area contributed by atoms with E-state index in [1.807, 2.05) is 60.3 Å². The van der Waals surface area contributed by atoms with Gasteiger partial charge in [0, 0.05) is 37.3 Å². The minimum atomic E-state index is -0.00162. The average molecular weight is 400 g/mol. The summed E-state index contributed by atoms with van der Waals surface area (Å²) in [6.07, 6.45) is 6.99. The quantitative estimate of drug-likeness (QED) is 0.483. The second-order valence-corrected chi connectivity index (χ2v) is 7.20. The lowest BCUT2D eigenvalue weighted by atomic mass is 10.1. The molecule has 0 spiro atoms. The number of nitrogens with zero attached hydrogens (tertiary/aromatic N) is 3. The molecule has 0 radical (unpaired) electrons. The molecule has 4 rings (SSSR count). The molecule has 0 aliphatic heterocycles. The number of amides is 1. The fraction of sp³-hybridized carbons (Fsp3) is 0.208. The topological polar surface area (TPSA) is 73.0 Å². The summed E-state index contributed by atoms with van der Waals surface area (Å²) in [5.74, 6) is 1.30. The van der Waals surface area contributed by atoms with Crippen LogP contribution >= 0.6 is 0 Å². The molecule has 4 aromatic rings. The van der Waals surface area contributed by atoms with E-state index in [1.165, 1.54) is 11.1 Å². The van der Waals surface area contributed by atoms with Gasteiger partial charge in [-0.2, -0.15) is 5.10 Å². The Bertz CT molecular complexity index is 1080. The second-order valence-electron chi connectivity index (χ2n) is 7.20. The van der Waals surface area contributed by atoms with Gasteiger partial charge >= 0.3 is 0 Å². The van der Waals surface area contributed by atoms with Crippen LogP contribution in [0.25, 0.3) is 17.0 Å². The lowest BCUT2D eigenvalue weighted by molar-refractivity contribution is -0.121. The van der Waals surface area contributed by atoms with Gasteiger partial charge in [-0.25, -0.2) is 9.67 Å². The molecule has 0 aliphatic carbocycles. The monoisotopic (exact) mass is 400 g/mol. The maximum absolute atomic E-state index is 12.1. The van der Waals surface area contributed by atoms with Crippen molar-refractivity contribution in [3.63, 3.8) is 0 Å². The van der Waals surface area contributed by atoms with Gasteiger partial charge in [-0.3, -0.25) is 4.79 Å². The number of oxazole rings is 1. The highest BCUT2D eigenvalue weighted by Gasteiger charge is 2.09. The first-order valence-corrected chi connectivity index (χ1v) is 10.0. The molecule has 0 saturated carbocycles. The van der Waals surface area contributed by atoms with Gasteiger partial charge in [-0.15, -0.1) is 0 Å². The zero-order valence-corrected chi connectivity index (χ0v) is 16.9. The van der Waals surface area contributed by atoms with Gasteiger partial charge in [0.1, 0.15) is 0 Å². The van der Waals surface area contributed by atoms with E-state index in [9.17, 15) is 4.79 Å². The third-order valence-corrected chi connectivity index (χ3v) is 4.90. The van der Waals surface area contributed by atoms with Crippen molar-refractivity contribution in [2.75, 3.05) is 6.54 Å². The van der Waals surface area contributed by atoms with Crippen LogP contribution in [-0.4, -0.2) is 27.2 Å². The van der Waals surface area contributed by atoms with E-state index >= 15 is 0 Å². The van der Waals surface area contributed by atoms with Crippen molar-refractivity contribution in [2.24, 2.45) is 0 Å². The van der Waals surface area contributed by atoms with Crippen molar-refractivity contribution < 1.29 is 9.21 Å². The standard InChI is InChI=1S/C24H24N4O2/c1-18-3-7-20(8-4-18)22-17-26-24(30-22)12-11-23(29)25-15-13-19-5-9-21(10-6-19)28-16-2-14-27-28/h2-10,14,16-17H,11-13,15H2,1H3,(H,25,29). The van der Waals surface area contributed by atoms with E-state index in [0.29, 0.717) is 25.3 Å². The van der Waals surface area contributed by atoms with Crippen molar-refractivity contribution in [2.45, 2.75) is 26.2 Å². The summed E-state index contributed by atoms with van der Waals surface area (Å²) in [5.41, 5.74) is 4.37. The molecule has 2 aromatic carbocycles. The van der Waals surface area contributed by atoms with E-state index < -0.39 is 0 Å². The van der Waals surface area contributed by atoms with Crippen LogP contribution in [0.2, 0.25) is 0 Å². The maximum atomic E-state index is 12.1. The molecular weight excluding hydrogens is 376 g/mol. The van der Waals surface area contributed by atoms with E-state index in [1.54, 1.807) is 12.4 Å². The maximum Gasteiger partial charge on any atom is 0.220 e. The van der Waals surface area contributed by atoms with Gasteiger partial charge in [0.2, 0.25) is 5.91 Å². The van der Waals surface area contributed by atoms with E-state index in [0.717, 1.165) is 23.4 Å². The molecule has 0 unspecified atom stereocenters. The second kappa shape index (κ2) is 9.22. The molecule has 1 amide bonds. The zero-order valence-electron chi connectivity index (χ0n) is 16.9. The van der Waals surface area contributed by atoms with Crippen LogP contribution in [-0.2, 0) is 17.6 Å². The molecule has 0 atom stereocenters. The molecule has 6 heteroatoms. The molecule has 0 fully saturated rings. The molecule has 0 saturated heterocycles. The number of hydrogen-bond acceptors (Lipinski definition) is 4. The summed E-state index contributed by atoms with van der Waals surface area (Å²) in [6.45, 7) is 2.64. The zero-order chi connectivity index (χ0) is 20.8. The molecule has 2 aromatic heterocycles.